The summed E-state index contributed by atoms with van der Waals surface area (Å²) in [5.74, 6) is 1.64. The number of amides is 1. The largest absolute Gasteiger partial charge is 0.490 e. The van der Waals surface area contributed by atoms with E-state index in [9.17, 15) is 4.79 Å². The Labute approximate surface area is 136 Å². The second-order valence-corrected chi connectivity index (χ2v) is 6.89. The van der Waals surface area contributed by atoms with Crippen molar-refractivity contribution in [3.8, 4) is 11.5 Å². The molecule has 0 spiro atoms. The molecule has 6 nitrogen and oxygen atoms in total. The van der Waals surface area contributed by atoms with Crippen LogP contribution in [0.3, 0.4) is 0 Å². The number of benzene rings is 1. The third-order valence-electron chi connectivity index (χ3n) is 3.73. The van der Waals surface area contributed by atoms with Crippen LogP contribution in [0.2, 0.25) is 0 Å². The molecule has 1 amide bonds. The highest BCUT2D eigenvalue weighted by molar-refractivity contribution is 5.68. The van der Waals surface area contributed by atoms with E-state index in [2.05, 4.69) is 5.32 Å². The first kappa shape index (κ1) is 15.8. The number of anilines is 1. The lowest BCUT2D eigenvalue weighted by Gasteiger charge is -2.24. The maximum Gasteiger partial charge on any atom is 0.410 e. The van der Waals surface area contributed by atoms with Gasteiger partial charge in [0.05, 0.1) is 12.2 Å². The fourth-order valence-electron chi connectivity index (χ4n) is 2.70. The molecule has 1 aromatic carbocycles. The van der Waals surface area contributed by atoms with E-state index in [0.29, 0.717) is 19.7 Å². The van der Waals surface area contributed by atoms with Gasteiger partial charge < -0.3 is 24.4 Å². The molecular weight excluding hydrogens is 296 g/mol. The van der Waals surface area contributed by atoms with Crippen molar-refractivity contribution in [2.24, 2.45) is 0 Å². The number of hydrogen-bond donors (Lipinski definition) is 1. The fraction of sp³-hybridized carbons (Fsp3) is 0.588. The summed E-state index contributed by atoms with van der Waals surface area (Å²) in [6, 6.07) is 5.77. The highest BCUT2D eigenvalue weighted by Gasteiger charge is 2.31. The smallest absolute Gasteiger partial charge is 0.410 e. The molecular formula is C17H24N2O4. The van der Waals surface area contributed by atoms with Gasteiger partial charge in [0.15, 0.2) is 0 Å². The zero-order chi connectivity index (χ0) is 16.4. The van der Waals surface area contributed by atoms with Crippen LogP contribution < -0.4 is 14.8 Å². The summed E-state index contributed by atoms with van der Waals surface area (Å²) in [6.07, 6.45) is 0.523. The second kappa shape index (κ2) is 6.18. The number of nitrogens with one attached hydrogen (secondary N) is 1. The van der Waals surface area contributed by atoms with E-state index < -0.39 is 5.60 Å². The molecule has 2 aliphatic rings. The standard InChI is InChI=1S/C17H24N2O4/c1-17(2,3)23-16(20)19-8-6-13(11-19)22-12-4-5-15-14(10-12)18-7-9-21-15/h4-5,10,13,18H,6-9,11H2,1-3H3/t13-/m0/s1. The molecule has 1 saturated heterocycles. The van der Waals surface area contributed by atoms with Crippen molar-refractivity contribution in [2.45, 2.75) is 38.9 Å². The van der Waals surface area contributed by atoms with E-state index in [1.165, 1.54) is 0 Å². The fourth-order valence-corrected chi connectivity index (χ4v) is 2.70. The summed E-state index contributed by atoms with van der Waals surface area (Å²) in [5.41, 5.74) is 0.482. The van der Waals surface area contributed by atoms with E-state index in [1.807, 2.05) is 39.0 Å². The number of carbonyl (C=O) groups is 1. The van der Waals surface area contributed by atoms with Crippen molar-refractivity contribution in [3.63, 3.8) is 0 Å². The van der Waals surface area contributed by atoms with E-state index >= 15 is 0 Å². The van der Waals surface area contributed by atoms with Crippen LogP contribution in [-0.4, -0.2) is 48.9 Å². The molecule has 0 unspecified atom stereocenters. The summed E-state index contributed by atoms with van der Waals surface area (Å²) in [4.78, 5) is 13.8. The van der Waals surface area contributed by atoms with E-state index in [0.717, 1.165) is 30.2 Å². The molecule has 1 fully saturated rings. The van der Waals surface area contributed by atoms with Gasteiger partial charge in [0.2, 0.25) is 0 Å². The van der Waals surface area contributed by atoms with Crippen molar-refractivity contribution < 1.29 is 19.0 Å². The molecule has 0 aliphatic carbocycles. The van der Waals surface area contributed by atoms with Crippen LogP contribution in [0.25, 0.3) is 0 Å². The molecule has 2 aliphatic heterocycles. The molecule has 0 radical (unpaired) electrons. The average Bonchev–Trinajstić information content (AvgIpc) is 2.94. The number of likely N-dealkylation sites (tertiary alicyclic amines) is 1. The number of hydrogen-bond acceptors (Lipinski definition) is 5. The van der Waals surface area contributed by atoms with Crippen LogP contribution >= 0.6 is 0 Å². The molecule has 1 aromatic rings. The molecule has 0 bridgehead atoms. The molecule has 6 heteroatoms. The third kappa shape index (κ3) is 4.00. The number of nitrogens with zero attached hydrogens (tertiary/aromatic N) is 1. The Morgan fingerprint density at radius 2 is 2.22 bits per heavy atom. The Bertz CT molecular complexity index is 582. The van der Waals surface area contributed by atoms with Gasteiger partial charge in [-0.25, -0.2) is 4.79 Å². The molecule has 1 atom stereocenters. The SMILES string of the molecule is CC(C)(C)OC(=O)N1CC[C@H](Oc2ccc3c(c2)NCCO3)C1. The molecule has 0 saturated carbocycles. The van der Waals surface area contributed by atoms with Crippen LogP contribution in [0, 0.1) is 0 Å². The van der Waals surface area contributed by atoms with Crippen LogP contribution in [0.5, 0.6) is 11.5 Å². The van der Waals surface area contributed by atoms with Gasteiger partial charge in [0.25, 0.3) is 0 Å². The first-order valence-corrected chi connectivity index (χ1v) is 8.06. The van der Waals surface area contributed by atoms with Gasteiger partial charge in [0, 0.05) is 25.6 Å². The Balaban J connectivity index is 1.57. The normalized spacial score (nSPS) is 20.3. The Morgan fingerprint density at radius 1 is 1.39 bits per heavy atom. The minimum Gasteiger partial charge on any atom is -0.490 e. The lowest BCUT2D eigenvalue weighted by molar-refractivity contribution is 0.0275. The van der Waals surface area contributed by atoms with Gasteiger partial charge in [0.1, 0.15) is 29.8 Å². The van der Waals surface area contributed by atoms with Crippen molar-refractivity contribution in [3.05, 3.63) is 18.2 Å². The van der Waals surface area contributed by atoms with Crippen LogP contribution in [0.4, 0.5) is 10.5 Å². The summed E-state index contributed by atoms with van der Waals surface area (Å²) in [6.45, 7) is 8.31. The maximum absolute atomic E-state index is 12.1. The third-order valence-corrected chi connectivity index (χ3v) is 3.73. The number of rotatable bonds is 2. The quantitative estimate of drug-likeness (QED) is 0.908. The van der Waals surface area contributed by atoms with E-state index in [-0.39, 0.29) is 12.2 Å². The average molecular weight is 320 g/mol. The minimum atomic E-state index is -0.472. The van der Waals surface area contributed by atoms with Gasteiger partial charge in [-0.05, 0) is 32.9 Å². The molecule has 2 heterocycles. The van der Waals surface area contributed by atoms with Crippen molar-refractivity contribution in [1.29, 1.82) is 0 Å². The van der Waals surface area contributed by atoms with Crippen LogP contribution in [0.15, 0.2) is 18.2 Å². The predicted molar refractivity (Wildman–Crippen MR) is 87.3 cm³/mol. The lowest BCUT2D eigenvalue weighted by atomic mass is 10.2. The molecule has 23 heavy (non-hydrogen) atoms. The zero-order valence-corrected chi connectivity index (χ0v) is 13.9. The molecule has 1 N–H and O–H groups in total. The lowest BCUT2D eigenvalue weighted by Crippen LogP contribution is -2.36. The Hall–Kier alpha value is -2.11. The van der Waals surface area contributed by atoms with Crippen molar-refractivity contribution in [2.75, 3.05) is 31.6 Å². The first-order valence-electron chi connectivity index (χ1n) is 8.06. The van der Waals surface area contributed by atoms with Gasteiger partial charge in [-0.15, -0.1) is 0 Å². The minimum absolute atomic E-state index is 0.00919. The van der Waals surface area contributed by atoms with Crippen LogP contribution in [0.1, 0.15) is 27.2 Å². The topological polar surface area (TPSA) is 60.0 Å². The van der Waals surface area contributed by atoms with Gasteiger partial charge in [-0.2, -0.15) is 0 Å². The summed E-state index contributed by atoms with van der Waals surface area (Å²) in [7, 11) is 0. The van der Waals surface area contributed by atoms with Gasteiger partial charge >= 0.3 is 6.09 Å². The van der Waals surface area contributed by atoms with Crippen molar-refractivity contribution in [1.82, 2.24) is 4.90 Å². The van der Waals surface area contributed by atoms with E-state index in [1.54, 1.807) is 4.90 Å². The molecule has 126 valence electrons. The van der Waals surface area contributed by atoms with Gasteiger partial charge in [-0.3, -0.25) is 0 Å². The summed E-state index contributed by atoms with van der Waals surface area (Å²) >= 11 is 0. The van der Waals surface area contributed by atoms with Gasteiger partial charge in [-0.1, -0.05) is 0 Å². The van der Waals surface area contributed by atoms with Crippen molar-refractivity contribution >= 4 is 11.8 Å². The maximum atomic E-state index is 12.1. The first-order chi connectivity index (χ1) is 10.9. The summed E-state index contributed by atoms with van der Waals surface area (Å²) in [5, 5.41) is 3.29. The predicted octanol–water partition coefficient (Wildman–Crippen LogP) is 2.88. The zero-order valence-electron chi connectivity index (χ0n) is 13.9. The summed E-state index contributed by atoms with van der Waals surface area (Å²) < 4.78 is 17.0. The Morgan fingerprint density at radius 3 is 3.00 bits per heavy atom. The van der Waals surface area contributed by atoms with Crippen LogP contribution in [-0.2, 0) is 4.74 Å². The molecule has 3 rings (SSSR count). The van der Waals surface area contributed by atoms with E-state index in [4.69, 9.17) is 14.2 Å². The number of ether oxygens (including phenoxy) is 3. The second-order valence-electron chi connectivity index (χ2n) is 6.89. The highest BCUT2D eigenvalue weighted by Crippen LogP contribution is 2.32. The highest BCUT2D eigenvalue weighted by atomic mass is 16.6. The number of carbonyl (C=O) groups excluding carboxylic acids is 1. The monoisotopic (exact) mass is 320 g/mol. The number of fused-ring (bicyclic) bond motifs is 1. The molecule has 0 aromatic heterocycles. The Kier molecular flexibility index (Phi) is 4.24.